The SMILES string of the molecule is O=C(c1ccc(F)cc1I)N1CCCCO1. The van der Waals surface area contributed by atoms with Gasteiger partial charge in [0.25, 0.3) is 5.91 Å². The molecule has 1 fully saturated rings. The van der Waals surface area contributed by atoms with E-state index in [1.54, 1.807) is 0 Å². The molecule has 1 saturated heterocycles. The first kappa shape index (κ1) is 11.8. The van der Waals surface area contributed by atoms with Crippen LogP contribution in [0.2, 0.25) is 0 Å². The number of benzene rings is 1. The minimum Gasteiger partial charge on any atom is -0.271 e. The van der Waals surface area contributed by atoms with E-state index < -0.39 is 0 Å². The molecule has 0 spiro atoms. The van der Waals surface area contributed by atoms with Crippen LogP contribution in [0, 0.1) is 9.39 Å². The van der Waals surface area contributed by atoms with Crippen LogP contribution in [-0.2, 0) is 4.84 Å². The van der Waals surface area contributed by atoms with Gasteiger partial charge in [0.15, 0.2) is 0 Å². The number of hydrogen-bond acceptors (Lipinski definition) is 2. The lowest BCUT2D eigenvalue weighted by Gasteiger charge is -2.26. The first-order valence-electron chi connectivity index (χ1n) is 5.08. The molecule has 0 radical (unpaired) electrons. The highest BCUT2D eigenvalue weighted by atomic mass is 127. The molecule has 0 saturated carbocycles. The van der Waals surface area contributed by atoms with Crippen LogP contribution in [0.5, 0.6) is 0 Å². The van der Waals surface area contributed by atoms with Crippen molar-refractivity contribution in [3.8, 4) is 0 Å². The summed E-state index contributed by atoms with van der Waals surface area (Å²) in [5, 5.41) is 1.36. The highest BCUT2D eigenvalue weighted by Crippen LogP contribution is 2.18. The summed E-state index contributed by atoms with van der Waals surface area (Å²) in [6.45, 7) is 1.18. The van der Waals surface area contributed by atoms with Crippen molar-refractivity contribution < 1.29 is 14.0 Å². The van der Waals surface area contributed by atoms with E-state index in [1.165, 1.54) is 23.3 Å². The summed E-state index contributed by atoms with van der Waals surface area (Å²) in [7, 11) is 0. The van der Waals surface area contributed by atoms with Gasteiger partial charge in [-0.1, -0.05) is 0 Å². The lowest BCUT2D eigenvalue weighted by Crippen LogP contribution is -2.36. The van der Waals surface area contributed by atoms with E-state index in [2.05, 4.69) is 0 Å². The fraction of sp³-hybridized carbons (Fsp3) is 0.364. The largest absolute Gasteiger partial charge is 0.278 e. The zero-order valence-corrected chi connectivity index (χ0v) is 10.7. The molecular weight excluding hydrogens is 324 g/mol. The number of halogens is 2. The number of amides is 1. The summed E-state index contributed by atoms with van der Waals surface area (Å²) >= 11 is 1.95. The average Bonchev–Trinajstić information content (AvgIpc) is 2.29. The van der Waals surface area contributed by atoms with Gasteiger partial charge in [0.05, 0.1) is 12.2 Å². The monoisotopic (exact) mass is 335 g/mol. The number of rotatable bonds is 1. The number of hydrogen-bond donors (Lipinski definition) is 0. The van der Waals surface area contributed by atoms with E-state index in [-0.39, 0.29) is 11.7 Å². The van der Waals surface area contributed by atoms with E-state index in [9.17, 15) is 9.18 Å². The summed E-state index contributed by atoms with van der Waals surface area (Å²) in [5.41, 5.74) is 0.490. The van der Waals surface area contributed by atoms with Crippen LogP contribution in [0.1, 0.15) is 23.2 Å². The van der Waals surface area contributed by atoms with Crippen LogP contribution in [0.25, 0.3) is 0 Å². The van der Waals surface area contributed by atoms with E-state index in [0.29, 0.717) is 22.3 Å². The summed E-state index contributed by atoms with van der Waals surface area (Å²) in [6.07, 6.45) is 1.92. The third-order valence-corrected chi connectivity index (χ3v) is 3.28. The van der Waals surface area contributed by atoms with Gasteiger partial charge in [-0.15, -0.1) is 0 Å². The summed E-state index contributed by atoms with van der Waals surface area (Å²) in [4.78, 5) is 17.3. The van der Waals surface area contributed by atoms with Gasteiger partial charge in [-0.3, -0.25) is 9.63 Å². The van der Waals surface area contributed by atoms with Crippen LogP contribution in [0.15, 0.2) is 18.2 Å². The maximum atomic E-state index is 12.9. The number of nitrogens with zero attached hydrogens (tertiary/aromatic N) is 1. The van der Waals surface area contributed by atoms with E-state index in [4.69, 9.17) is 4.84 Å². The Labute approximate surface area is 107 Å². The van der Waals surface area contributed by atoms with Crippen LogP contribution in [0.3, 0.4) is 0 Å². The Bertz CT molecular complexity index is 405. The fourth-order valence-corrected chi connectivity index (χ4v) is 2.26. The molecule has 3 nitrogen and oxygen atoms in total. The van der Waals surface area contributed by atoms with Crippen molar-refractivity contribution in [3.05, 3.63) is 33.1 Å². The molecule has 0 aromatic heterocycles. The van der Waals surface area contributed by atoms with Crippen molar-refractivity contribution in [2.75, 3.05) is 13.2 Å². The molecular formula is C11H11FINO2. The molecule has 1 aromatic rings. The Kier molecular flexibility index (Phi) is 3.75. The first-order valence-corrected chi connectivity index (χ1v) is 6.16. The normalized spacial score (nSPS) is 16.2. The maximum Gasteiger partial charge on any atom is 0.278 e. The van der Waals surface area contributed by atoms with Crippen molar-refractivity contribution in [3.63, 3.8) is 0 Å². The minimum absolute atomic E-state index is 0.191. The van der Waals surface area contributed by atoms with Crippen LogP contribution in [0.4, 0.5) is 4.39 Å². The molecule has 1 amide bonds. The van der Waals surface area contributed by atoms with Crippen molar-refractivity contribution in [1.29, 1.82) is 0 Å². The fourth-order valence-electron chi connectivity index (χ4n) is 1.55. The van der Waals surface area contributed by atoms with Crippen LogP contribution in [-0.4, -0.2) is 24.1 Å². The second-order valence-corrected chi connectivity index (χ2v) is 4.73. The van der Waals surface area contributed by atoms with Crippen molar-refractivity contribution in [2.45, 2.75) is 12.8 Å². The molecule has 1 heterocycles. The average molecular weight is 335 g/mol. The molecule has 1 aliphatic rings. The zero-order chi connectivity index (χ0) is 11.5. The minimum atomic E-state index is -0.333. The summed E-state index contributed by atoms with van der Waals surface area (Å²) in [6, 6.07) is 4.13. The predicted molar refractivity (Wildman–Crippen MR) is 65.3 cm³/mol. The molecule has 0 bridgehead atoms. The smallest absolute Gasteiger partial charge is 0.271 e. The molecule has 2 rings (SSSR count). The molecule has 0 atom stereocenters. The molecule has 0 aliphatic carbocycles. The first-order chi connectivity index (χ1) is 7.68. The Hall–Kier alpha value is -0.690. The molecule has 0 unspecified atom stereocenters. The summed E-state index contributed by atoms with van der Waals surface area (Å²) < 4.78 is 13.5. The van der Waals surface area contributed by atoms with E-state index in [0.717, 1.165) is 12.8 Å². The summed E-state index contributed by atoms with van der Waals surface area (Å²) in [5.74, 6) is -0.524. The third kappa shape index (κ3) is 2.52. The zero-order valence-electron chi connectivity index (χ0n) is 8.58. The highest BCUT2D eigenvalue weighted by molar-refractivity contribution is 14.1. The molecule has 16 heavy (non-hydrogen) atoms. The quantitative estimate of drug-likeness (QED) is 0.739. The third-order valence-electron chi connectivity index (χ3n) is 2.39. The van der Waals surface area contributed by atoms with Gasteiger partial charge >= 0.3 is 0 Å². The van der Waals surface area contributed by atoms with Crippen molar-refractivity contribution >= 4 is 28.5 Å². The van der Waals surface area contributed by atoms with Crippen LogP contribution >= 0.6 is 22.6 Å². The van der Waals surface area contributed by atoms with Gasteiger partial charge in [-0.25, -0.2) is 9.45 Å². The standard InChI is InChI=1S/C11H11FINO2/c12-8-3-4-9(10(13)7-8)11(15)14-5-1-2-6-16-14/h3-4,7H,1-2,5-6H2. The van der Waals surface area contributed by atoms with Gasteiger partial charge in [-0.2, -0.15) is 0 Å². The van der Waals surface area contributed by atoms with Gasteiger partial charge in [-0.05, 0) is 53.6 Å². The number of carbonyl (C=O) groups excluding carboxylic acids is 1. The lowest BCUT2D eigenvalue weighted by molar-refractivity contribution is -0.144. The lowest BCUT2D eigenvalue weighted by atomic mass is 10.2. The maximum absolute atomic E-state index is 12.9. The Balaban J connectivity index is 2.19. The molecule has 5 heteroatoms. The predicted octanol–water partition coefficient (Wildman–Crippen LogP) is 2.60. The highest BCUT2D eigenvalue weighted by Gasteiger charge is 2.21. The van der Waals surface area contributed by atoms with Crippen molar-refractivity contribution in [2.24, 2.45) is 0 Å². The topological polar surface area (TPSA) is 29.5 Å². The van der Waals surface area contributed by atoms with Gasteiger partial charge in [0.2, 0.25) is 0 Å². The number of carbonyl (C=O) groups is 1. The second-order valence-electron chi connectivity index (χ2n) is 3.57. The van der Waals surface area contributed by atoms with Crippen molar-refractivity contribution in [1.82, 2.24) is 5.06 Å². The van der Waals surface area contributed by atoms with Gasteiger partial charge in [0.1, 0.15) is 5.82 Å². The van der Waals surface area contributed by atoms with E-state index in [1.807, 2.05) is 22.6 Å². The Morgan fingerprint density at radius 3 is 2.88 bits per heavy atom. The molecule has 1 aliphatic heterocycles. The van der Waals surface area contributed by atoms with Gasteiger partial charge < -0.3 is 0 Å². The molecule has 1 aromatic carbocycles. The second kappa shape index (κ2) is 5.09. The Morgan fingerprint density at radius 1 is 1.44 bits per heavy atom. The number of hydroxylamine groups is 2. The molecule has 0 N–H and O–H groups in total. The van der Waals surface area contributed by atoms with Crippen LogP contribution < -0.4 is 0 Å². The Morgan fingerprint density at radius 2 is 2.25 bits per heavy atom. The van der Waals surface area contributed by atoms with Gasteiger partial charge in [0, 0.05) is 10.1 Å². The molecule has 86 valence electrons. The van der Waals surface area contributed by atoms with E-state index >= 15 is 0 Å².